The molecule has 112 valence electrons. The maximum Gasteiger partial charge on any atom is 0.142 e. The fourth-order valence-electron chi connectivity index (χ4n) is 2.12. The number of halogens is 1. The minimum atomic E-state index is -0.316. The fourth-order valence-corrected chi connectivity index (χ4v) is 2.80. The molecule has 0 bridgehead atoms. The van der Waals surface area contributed by atoms with Crippen LogP contribution in [0.5, 0.6) is 11.5 Å². The molecule has 2 rings (SSSR count). The van der Waals surface area contributed by atoms with Gasteiger partial charge in [-0.2, -0.15) is 0 Å². The van der Waals surface area contributed by atoms with E-state index in [0.29, 0.717) is 17.3 Å². The number of rotatable bonds is 5. The van der Waals surface area contributed by atoms with Crippen LogP contribution < -0.4 is 20.7 Å². The summed E-state index contributed by atoms with van der Waals surface area (Å²) in [5.74, 6) is 7.73. The second-order valence-electron chi connectivity index (χ2n) is 4.33. The SMILES string of the molecule is COc1ccc(C(NN)c2ccnc(C)n2)c(OC)c1Br. The van der Waals surface area contributed by atoms with Gasteiger partial charge in [0.05, 0.1) is 26.0 Å². The second kappa shape index (κ2) is 6.84. The van der Waals surface area contributed by atoms with Crippen LogP contribution in [0, 0.1) is 6.92 Å². The number of methoxy groups -OCH3 is 2. The molecule has 21 heavy (non-hydrogen) atoms. The van der Waals surface area contributed by atoms with Gasteiger partial charge in [-0.3, -0.25) is 5.84 Å². The van der Waals surface area contributed by atoms with E-state index in [1.807, 2.05) is 25.1 Å². The van der Waals surface area contributed by atoms with Crippen molar-refractivity contribution < 1.29 is 9.47 Å². The van der Waals surface area contributed by atoms with E-state index in [9.17, 15) is 0 Å². The van der Waals surface area contributed by atoms with Crippen LogP contribution >= 0.6 is 15.9 Å². The Morgan fingerprint density at radius 3 is 2.57 bits per heavy atom. The van der Waals surface area contributed by atoms with Crippen molar-refractivity contribution in [2.45, 2.75) is 13.0 Å². The summed E-state index contributed by atoms with van der Waals surface area (Å²) < 4.78 is 11.5. The summed E-state index contributed by atoms with van der Waals surface area (Å²) in [6.07, 6.45) is 1.70. The van der Waals surface area contributed by atoms with Crippen LogP contribution in [0.4, 0.5) is 0 Å². The van der Waals surface area contributed by atoms with Gasteiger partial charge in [0.15, 0.2) is 0 Å². The van der Waals surface area contributed by atoms with Gasteiger partial charge in [0.2, 0.25) is 0 Å². The average Bonchev–Trinajstić information content (AvgIpc) is 2.48. The maximum atomic E-state index is 5.72. The molecule has 7 heteroatoms. The highest BCUT2D eigenvalue weighted by molar-refractivity contribution is 9.10. The molecular formula is C14H17BrN4O2. The van der Waals surface area contributed by atoms with Crippen LogP contribution in [-0.4, -0.2) is 24.2 Å². The first-order valence-corrected chi connectivity index (χ1v) is 7.07. The molecule has 0 spiro atoms. The number of hydrogen-bond donors (Lipinski definition) is 2. The number of nitrogens with two attached hydrogens (primary N) is 1. The van der Waals surface area contributed by atoms with Crippen molar-refractivity contribution >= 4 is 15.9 Å². The third-order valence-electron chi connectivity index (χ3n) is 3.09. The molecule has 0 aliphatic heterocycles. The van der Waals surface area contributed by atoms with Crippen LogP contribution in [0.15, 0.2) is 28.9 Å². The van der Waals surface area contributed by atoms with Crippen molar-refractivity contribution in [2.24, 2.45) is 5.84 Å². The number of hydrazine groups is 1. The first kappa shape index (κ1) is 15.7. The van der Waals surface area contributed by atoms with E-state index in [1.54, 1.807) is 20.4 Å². The van der Waals surface area contributed by atoms with Crippen LogP contribution in [0.3, 0.4) is 0 Å². The van der Waals surface area contributed by atoms with Crippen LogP contribution in [0.25, 0.3) is 0 Å². The van der Waals surface area contributed by atoms with Crippen LogP contribution in [-0.2, 0) is 0 Å². The molecule has 2 aromatic rings. The van der Waals surface area contributed by atoms with E-state index in [4.69, 9.17) is 15.3 Å². The Morgan fingerprint density at radius 2 is 2.00 bits per heavy atom. The van der Waals surface area contributed by atoms with E-state index in [-0.39, 0.29) is 6.04 Å². The molecule has 1 aromatic heterocycles. The topological polar surface area (TPSA) is 82.3 Å². The van der Waals surface area contributed by atoms with Crippen molar-refractivity contribution in [3.05, 3.63) is 46.0 Å². The molecule has 1 unspecified atom stereocenters. The minimum absolute atomic E-state index is 0.316. The van der Waals surface area contributed by atoms with E-state index >= 15 is 0 Å². The largest absolute Gasteiger partial charge is 0.495 e. The zero-order valence-electron chi connectivity index (χ0n) is 12.1. The first-order valence-electron chi connectivity index (χ1n) is 6.28. The number of ether oxygens (including phenoxy) is 2. The number of benzene rings is 1. The van der Waals surface area contributed by atoms with Gasteiger partial charge >= 0.3 is 0 Å². The summed E-state index contributed by atoms with van der Waals surface area (Å²) in [4.78, 5) is 8.51. The highest BCUT2D eigenvalue weighted by Crippen LogP contribution is 2.40. The Labute approximate surface area is 131 Å². The highest BCUT2D eigenvalue weighted by Gasteiger charge is 2.22. The van der Waals surface area contributed by atoms with Gasteiger partial charge in [0, 0.05) is 11.8 Å². The third kappa shape index (κ3) is 3.15. The standard InChI is InChI=1S/C14H17BrN4O2/c1-8-17-7-6-10(18-8)13(19-16)9-4-5-11(20-2)12(15)14(9)21-3/h4-7,13,19H,16H2,1-3H3. The molecule has 6 nitrogen and oxygen atoms in total. The Bertz CT molecular complexity index is 636. The van der Waals surface area contributed by atoms with Crippen molar-refractivity contribution in [3.8, 4) is 11.5 Å². The zero-order valence-corrected chi connectivity index (χ0v) is 13.6. The zero-order chi connectivity index (χ0) is 15.4. The summed E-state index contributed by atoms with van der Waals surface area (Å²) in [6.45, 7) is 1.83. The monoisotopic (exact) mass is 352 g/mol. The average molecular weight is 353 g/mol. The van der Waals surface area contributed by atoms with Gasteiger partial charge in [-0.1, -0.05) is 0 Å². The minimum Gasteiger partial charge on any atom is -0.495 e. The van der Waals surface area contributed by atoms with Gasteiger partial charge in [0.25, 0.3) is 0 Å². The van der Waals surface area contributed by atoms with E-state index in [1.165, 1.54) is 0 Å². The first-order chi connectivity index (χ1) is 10.1. The molecule has 3 N–H and O–H groups in total. The van der Waals surface area contributed by atoms with Crippen molar-refractivity contribution in [2.75, 3.05) is 14.2 Å². The third-order valence-corrected chi connectivity index (χ3v) is 3.84. The van der Waals surface area contributed by atoms with Gasteiger partial charge < -0.3 is 9.47 Å². The highest BCUT2D eigenvalue weighted by atomic mass is 79.9. The van der Waals surface area contributed by atoms with Gasteiger partial charge in [-0.05, 0) is 41.1 Å². The smallest absolute Gasteiger partial charge is 0.142 e. The molecule has 0 saturated carbocycles. The number of nitrogens with one attached hydrogen (secondary N) is 1. The summed E-state index contributed by atoms with van der Waals surface area (Å²) in [6, 6.07) is 5.24. The lowest BCUT2D eigenvalue weighted by Crippen LogP contribution is -2.30. The van der Waals surface area contributed by atoms with Crippen LogP contribution in [0.1, 0.15) is 23.1 Å². The van der Waals surface area contributed by atoms with Crippen molar-refractivity contribution in [1.29, 1.82) is 0 Å². The summed E-state index contributed by atoms with van der Waals surface area (Å²) in [5, 5.41) is 0. The lowest BCUT2D eigenvalue weighted by Gasteiger charge is -2.20. The number of aryl methyl sites for hydroxylation is 1. The van der Waals surface area contributed by atoms with Crippen molar-refractivity contribution in [3.63, 3.8) is 0 Å². The van der Waals surface area contributed by atoms with Crippen LogP contribution in [0.2, 0.25) is 0 Å². The quantitative estimate of drug-likeness (QED) is 0.633. The van der Waals surface area contributed by atoms with Crippen molar-refractivity contribution in [1.82, 2.24) is 15.4 Å². The molecule has 1 heterocycles. The van der Waals surface area contributed by atoms with Gasteiger partial charge in [0.1, 0.15) is 21.8 Å². The van der Waals surface area contributed by atoms with E-state index in [0.717, 1.165) is 15.7 Å². The summed E-state index contributed by atoms with van der Waals surface area (Å²) >= 11 is 3.49. The molecule has 0 amide bonds. The lowest BCUT2D eigenvalue weighted by atomic mass is 10.0. The molecule has 0 saturated heterocycles. The summed E-state index contributed by atoms with van der Waals surface area (Å²) in [7, 11) is 3.20. The Hall–Kier alpha value is -1.70. The molecular weight excluding hydrogens is 336 g/mol. The number of nitrogens with zero attached hydrogens (tertiary/aromatic N) is 2. The fraction of sp³-hybridized carbons (Fsp3) is 0.286. The second-order valence-corrected chi connectivity index (χ2v) is 5.13. The lowest BCUT2D eigenvalue weighted by molar-refractivity contribution is 0.382. The van der Waals surface area contributed by atoms with Gasteiger partial charge in [-0.25, -0.2) is 15.4 Å². The predicted molar refractivity (Wildman–Crippen MR) is 83.2 cm³/mol. The summed E-state index contributed by atoms with van der Waals surface area (Å²) in [5.41, 5.74) is 4.39. The molecule has 0 aliphatic carbocycles. The molecule has 1 aromatic carbocycles. The number of hydrogen-bond acceptors (Lipinski definition) is 6. The molecule has 0 aliphatic rings. The Kier molecular flexibility index (Phi) is 5.11. The van der Waals surface area contributed by atoms with E-state index in [2.05, 4.69) is 31.3 Å². The molecule has 0 fully saturated rings. The predicted octanol–water partition coefficient (Wildman–Crippen LogP) is 2.12. The maximum absolute atomic E-state index is 5.72. The normalized spacial score (nSPS) is 12.0. The number of aromatic nitrogens is 2. The Balaban J connectivity index is 2.55. The Morgan fingerprint density at radius 1 is 1.24 bits per heavy atom. The molecule has 0 radical (unpaired) electrons. The van der Waals surface area contributed by atoms with Gasteiger partial charge in [-0.15, -0.1) is 0 Å². The molecule has 1 atom stereocenters. The van der Waals surface area contributed by atoms with E-state index < -0.39 is 0 Å².